The lowest BCUT2D eigenvalue weighted by Crippen LogP contribution is -2.37. The minimum atomic E-state index is 0. The molecule has 1 aromatic rings. The molecule has 1 aromatic carbocycles. The standard InChI is InChI=1S/C18H26N2O2.BrH/c21-18(8-11-19-12-14-22-15-13-19)16-4-6-17(7-5-16)20-9-2-1-3-10-20;/h4-7H,1-3,8-15H2;1H. The maximum Gasteiger partial charge on any atom is 0.164 e. The summed E-state index contributed by atoms with van der Waals surface area (Å²) in [5, 5.41) is 0. The van der Waals surface area contributed by atoms with Gasteiger partial charge in [-0.3, -0.25) is 9.69 Å². The van der Waals surface area contributed by atoms with Crippen molar-refractivity contribution >= 4 is 28.5 Å². The van der Waals surface area contributed by atoms with Crippen LogP contribution in [0.25, 0.3) is 0 Å². The van der Waals surface area contributed by atoms with Gasteiger partial charge in [0.1, 0.15) is 0 Å². The van der Waals surface area contributed by atoms with Crippen LogP contribution in [0.15, 0.2) is 24.3 Å². The third-order valence-electron chi connectivity index (χ3n) is 4.67. The fourth-order valence-corrected chi connectivity index (χ4v) is 3.24. The SMILES string of the molecule is Br.O=C(CCN1CCOCC1)c1ccc(N2CCCCC2)cc1. The zero-order valence-corrected chi connectivity index (χ0v) is 15.4. The van der Waals surface area contributed by atoms with Crippen LogP contribution in [-0.2, 0) is 4.74 Å². The van der Waals surface area contributed by atoms with Gasteiger partial charge in [-0.15, -0.1) is 17.0 Å². The van der Waals surface area contributed by atoms with Gasteiger partial charge in [0.05, 0.1) is 13.2 Å². The van der Waals surface area contributed by atoms with E-state index in [-0.39, 0.29) is 22.8 Å². The van der Waals surface area contributed by atoms with Crippen LogP contribution in [0.4, 0.5) is 5.69 Å². The Morgan fingerprint density at radius 2 is 1.61 bits per heavy atom. The summed E-state index contributed by atoms with van der Waals surface area (Å²) in [6.07, 6.45) is 4.50. The molecule has 0 atom stereocenters. The summed E-state index contributed by atoms with van der Waals surface area (Å²) in [7, 11) is 0. The van der Waals surface area contributed by atoms with E-state index < -0.39 is 0 Å². The molecule has 0 aromatic heterocycles. The first-order chi connectivity index (χ1) is 10.8. The number of anilines is 1. The van der Waals surface area contributed by atoms with E-state index in [4.69, 9.17) is 4.74 Å². The summed E-state index contributed by atoms with van der Waals surface area (Å²) >= 11 is 0. The van der Waals surface area contributed by atoms with Crippen molar-refractivity contribution in [3.8, 4) is 0 Å². The van der Waals surface area contributed by atoms with Gasteiger partial charge in [-0.05, 0) is 43.5 Å². The Labute approximate surface area is 149 Å². The number of Topliss-reactive ketones (excluding diaryl/α,β-unsaturated/α-hetero) is 1. The van der Waals surface area contributed by atoms with Crippen LogP contribution in [-0.4, -0.2) is 56.6 Å². The van der Waals surface area contributed by atoms with Gasteiger partial charge >= 0.3 is 0 Å². The monoisotopic (exact) mass is 382 g/mol. The van der Waals surface area contributed by atoms with E-state index in [1.165, 1.54) is 24.9 Å². The first-order valence-electron chi connectivity index (χ1n) is 8.51. The second-order valence-corrected chi connectivity index (χ2v) is 6.22. The predicted molar refractivity (Wildman–Crippen MR) is 99.0 cm³/mol. The molecule has 4 nitrogen and oxygen atoms in total. The number of carbonyl (C=O) groups excluding carboxylic acids is 1. The van der Waals surface area contributed by atoms with E-state index in [1.54, 1.807) is 0 Å². The number of rotatable bonds is 5. The zero-order chi connectivity index (χ0) is 15.2. The molecule has 2 saturated heterocycles. The number of hydrogen-bond donors (Lipinski definition) is 0. The number of ketones is 1. The highest BCUT2D eigenvalue weighted by molar-refractivity contribution is 8.93. The Balaban J connectivity index is 0.00000192. The number of nitrogens with zero attached hydrogens (tertiary/aromatic N) is 2. The lowest BCUT2D eigenvalue weighted by molar-refractivity contribution is 0.0370. The van der Waals surface area contributed by atoms with E-state index in [1.807, 2.05) is 12.1 Å². The smallest absolute Gasteiger partial charge is 0.164 e. The largest absolute Gasteiger partial charge is 0.379 e. The number of halogens is 1. The van der Waals surface area contributed by atoms with Gasteiger partial charge in [0.2, 0.25) is 0 Å². The summed E-state index contributed by atoms with van der Waals surface area (Å²) in [5.41, 5.74) is 2.10. The Kier molecular flexibility index (Phi) is 7.53. The number of ether oxygens (including phenoxy) is 1. The topological polar surface area (TPSA) is 32.8 Å². The maximum absolute atomic E-state index is 12.3. The number of piperidine rings is 1. The van der Waals surface area contributed by atoms with Crippen molar-refractivity contribution in [2.45, 2.75) is 25.7 Å². The highest BCUT2D eigenvalue weighted by atomic mass is 79.9. The molecule has 2 aliphatic rings. The Morgan fingerprint density at radius 3 is 2.26 bits per heavy atom. The molecule has 128 valence electrons. The molecule has 0 saturated carbocycles. The van der Waals surface area contributed by atoms with Crippen molar-refractivity contribution in [3.05, 3.63) is 29.8 Å². The van der Waals surface area contributed by atoms with Gasteiger partial charge in [0, 0.05) is 50.4 Å². The van der Waals surface area contributed by atoms with Crippen LogP contribution in [0.3, 0.4) is 0 Å². The minimum Gasteiger partial charge on any atom is -0.379 e. The quantitative estimate of drug-likeness (QED) is 0.732. The molecule has 0 bridgehead atoms. The highest BCUT2D eigenvalue weighted by Crippen LogP contribution is 2.20. The Bertz CT molecular complexity index is 480. The first kappa shape index (κ1) is 18.4. The number of benzene rings is 1. The van der Waals surface area contributed by atoms with Crippen molar-refractivity contribution in [1.29, 1.82) is 0 Å². The summed E-state index contributed by atoms with van der Waals surface area (Å²) in [4.78, 5) is 17.0. The van der Waals surface area contributed by atoms with Crippen molar-refractivity contribution < 1.29 is 9.53 Å². The fourth-order valence-electron chi connectivity index (χ4n) is 3.24. The molecule has 0 unspecified atom stereocenters. The van der Waals surface area contributed by atoms with Crippen LogP contribution in [0.5, 0.6) is 0 Å². The number of carbonyl (C=O) groups is 1. The summed E-state index contributed by atoms with van der Waals surface area (Å²) in [6, 6.07) is 8.19. The van der Waals surface area contributed by atoms with Gasteiger partial charge in [-0.1, -0.05) is 0 Å². The normalized spacial score (nSPS) is 19.2. The molecule has 3 rings (SSSR count). The van der Waals surface area contributed by atoms with Crippen LogP contribution in [0.1, 0.15) is 36.0 Å². The van der Waals surface area contributed by atoms with E-state index in [0.717, 1.165) is 51.5 Å². The van der Waals surface area contributed by atoms with E-state index in [9.17, 15) is 4.79 Å². The molecule has 2 fully saturated rings. The molecule has 0 N–H and O–H groups in total. The summed E-state index contributed by atoms with van der Waals surface area (Å²) in [5.74, 6) is 0.247. The van der Waals surface area contributed by atoms with Crippen molar-refractivity contribution in [2.75, 3.05) is 50.8 Å². The average Bonchev–Trinajstić information content (AvgIpc) is 2.61. The maximum atomic E-state index is 12.3. The van der Waals surface area contributed by atoms with Gasteiger partial charge in [-0.2, -0.15) is 0 Å². The van der Waals surface area contributed by atoms with Gasteiger partial charge in [0.25, 0.3) is 0 Å². The van der Waals surface area contributed by atoms with Crippen LogP contribution < -0.4 is 4.90 Å². The lowest BCUT2D eigenvalue weighted by atomic mass is 10.1. The molecular weight excluding hydrogens is 356 g/mol. The van der Waals surface area contributed by atoms with E-state index in [0.29, 0.717) is 6.42 Å². The Hall–Kier alpha value is -0.910. The van der Waals surface area contributed by atoms with Crippen LogP contribution in [0, 0.1) is 0 Å². The molecule has 0 aliphatic carbocycles. The number of morpholine rings is 1. The molecular formula is C18H27BrN2O2. The van der Waals surface area contributed by atoms with Crippen molar-refractivity contribution in [1.82, 2.24) is 4.90 Å². The highest BCUT2D eigenvalue weighted by Gasteiger charge is 2.14. The first-order valence-corrected chi connectivity index (χ1v) is 8.51. The van der Waals surface area contributed by atoms with Crippen LogP contribution in [0.2, 0.25) is 0 Å². The van der Waals surface area contributed by atoms with E-state index >= 15 is 0 Å². The molecule has 0 spiro atoms. The number of hydrogen-bond acceptors (Lipinski definition) is 4. The summed E-state index contributed by atoms with van der Waals surface area (Å²) < 4.78 is 5.33. The fraction of sp³-hybridized carbons (Fsp3) is 0.611. The molecule has 0 radical (unpaired) electrons. The third kappa shape index (κ3) is 5.30. The zero-order valence-electron chi connectivity index (χ0n) is 13.7. The Morgan fingerprint density at radius 1 is 0.957 bits per heavy atom. The van der Waals surface area contributed by atoms with Gasteiger partial charge in [-0.25, -0.2) is 0 Å². The van der Waals surface area contributed by atoms with E-state index in [2.05, 4.69) is 21.9 Å². The molecule has 23 heavy (non-hydrogen) atoms. The average molecular weight is 383 g/mol. The third-order valence-corrected chi connectivity index (χ3v) is 4.67. The molecule has 2 aliphatic heterocycles. The molecule has 5 heteroatoms. The second-order valence-electron chi connectivity index (χ2n) is 6.22. The van der Waals surface area contributed by atoms with Gasteiger partial charge < -0.3 is 9.64 Å². The lowest BCUT2D eigenvalue weighted by Gasteiger charge is -2.29. The second kappa shape index (κ2) is 9.40. The minimum absolute atomic E-state index is 0. The van der Waals surface area contributed by atoms with Gasteiger partial charge in [0.15, 0.2) is 5.78 Å². The van der Waals surface area contributed by atoms with Crippen molar-refractivity contribution in [3.63, 3.8) is 0 Å². The molecule has 0 amide bonds. The molecule has 2 heterocycles. The van der Waals surface area contributed by atoms with Crippen molar-refractivity contribution in [2.24, 2.45) is 0 Å². The summed E-state index contributed by atoms with van der Waals surface area (Å²) in [6.45, 7) is 6.60. The predicted octanol–water partition coefficient (Wildman–Crippen LogP) is 3.16. The van der Waals surface area contributed by atoms with Crippen LogP contribution >= 0.6 is 17.0 Å².